The first-order valence-corrected chi connectivity index (χ1v) is 9.65. The first-order chi connectivity index (χ1) is 14.0. The van der Waals surface area contributed by atoms with E-state index in [1.54, 1.807) is 6.07 Å². The number of amides is 1. The maximum absolute atomic E-state index is 14.3. The van der Waals surface area contributed by atoms with Crippen molar-refractivity contribution in [3.05, 3.63) is 65.5 Å². The number of nitrogens with one attached hydrogen (secondary N) is 1. The van der Waals surface area contributed by atoms with Gasteiger partial charge < -0.3 is 15.0 Å². The molecule has 1 heterocycles. The number of esters is 1. The molecule has 0 spiro atoms. The fourth-order valence-corrected chi connectivity index (χ4v) is 3.49. The Morgan fingerprint density at radius 1 is 1.17 bits per heavy atom. The molecule has 1 aliphatic heterocycles. The van der Waals surface area contributed by atoms with Crippen LogP contribution in [0.4, 0.5) is 15.8 Å². The molecule has 5 nitrogen and oxygen atoms in total. The van der Waals surface area contributed by atoms with Crippen LogP contribution in [-0.4, -0.2) is 32.1 Å². The van der Waals surface area contributed by atoms with Crippen LogP contribution in [0.3, 0.4) is 0 Å². The molecule has 0 aliphatic carbocycles. The Bertz CT molecular complexity index is 918. The summed E-state index contributed by atoms with van der Waals surface area (Å²) in [7, 11) is 1.27. The van der Waals surface area contributed by atoms with Crippen molar-refractivity contribution in [3.8, 4) is 0 Å². The van der Waals surface area contributed by atoms with E-state index in [1.165, 1.54) is 37.0 Å². The van der Waals surface area contributed by atoms with Gasteiger partial charge in [-0.25, -0.2) is 9.18 Å². The summed E-state index contributed by atoms with van der Waals surface area (Å²) < 4.78 is 18.9. The van der Waals surface area contributed by atoms with Crippen LogP contribution in [0.15, 0.2) is 48.5 Å². The molecule has 0 atom stereocenters. The van der Waals surface area contributed by atoms with Gasteiger partial charge in [-0.2, -0.15) is 0 Å². The lowest BCUT2D eigenvalue weighted by Crippen LogP contribution is -2.38. The second kappa shape index (κ2) is 9.37. The molecule has 1 saturated heterocycles. The van der Waals surface area contributed by atoms with Crippen LogP contribution in [0, 0.1) is 18.7 Å². The summed E-state index contributed by atoms with van der Waals surface area (Å²) in [4.78, 5) is 26.3. The molecular weight excluding hydrogens is 371 g/mol. The molecule has 0 unspecified atom stereocenters. The Hall–Kier alpha value is -3.15. The van der Waals surface area contributed by atoms with Gasteiger partial charge in [-0.1, -0.05) is 24.3 Å². The van der Waals surface area contributed by atoms with Gasteiger partial charge in [-0.3, -0.25) is 4.79 Å². The average Bonchev–Trinajstić information content (AvgIpc) is 2.74. The molecule has 1 N–H and O–H groups in total. The summed E-state index contributed by atoms with van der Waals surface area (Å²) in [6.07, 6.45) is 4.03. The minimum atomic E-state index is -0.546. The number of ether oxygens (including phenoxy) is 1. The van der Waals surface area contributed by atoms with Crippen LogP contribution < -0.4 is 10.2 Å². The molecule has 3 rings (SSSR count). The predicted molar refractivity (Wildman–Crippen MR) is 112 cm³/mol. The molecule has 0 aromatic heterocycles. The Balaban J connectivity index is 1.66. The molecule has 1 aliphatic rings. The van der Waals surface area contributed by atoms with Gasteiger partial charge in [0.1, 0.15) is 5.82 Å². The number of carbonyl (C=O) groups excluding carboxylic acids is 2. The van der Waals surface area contributed by atoms with Crippen LogP contribution in [-0.2, 0) is 14.3 Å². The summed E-state index contributed by atoms with van der Waals surface area (Å²) in [5.74, 6) is -1.47. The van der Waals surface area contributed by atoms with Crippen LogP contribution in [0.1, 0.15) is 24.0 Å². The van der Waals surface area contributed by atoms with Gasteiger partial charge in [0.2, 0.25) is 5.91 Å². The van der Waals surface area contributed by atoms with Crippen molar-refractivity contribution in [2.24, 2.45) is 5.92 Å². The fourth-order valence-electron chi connectivity index (χ4n) is 3.49. The number of halogens is 1. The highest BCUT2D eigenvalue weighted by Gasteiger charge is 2.26. The van der Waals surface area contributed by atoms with Gasteiger partial charge in [-0.05, 0) is 49.6 Å². The monoisotopic (exact) mass is 396 g/mol. The number of benzene rings is 2. The molecule has 2 aromatic rings. The standard InChI is InChI=1S/C23H25FN2O3/c1-16-5-3-7-19(15-16)26-13-11-18(12-14-26)23(28)25-22-17(6-4-8-20(22)24)9-10-21(27)29-2/h3-10,15,18H,11-14H2,1-2H3,(H,25,28). The number of para-hydroxylation sites is 1. The Morgan fingerprint density at radius 3 is 2.59 bits per heavy atom. The lowest BCUT2D eigenvalue weighted by Gasteiger charge is -2.33. The fraction of sp³-hybridized carbons (Fsp3) is 0.304. The zero-order valence-electron chi connectivity index (χ0n) is 16.7. The highest BCUT2D eigenvalue weighted by Crippen LogP contribution is 2.27. The van der Waals surface area contributed by atoms with Gasteiger partial charge in [-0.15, -0.1) is 0 Å². The van der Waals surface area contributed by atoms with Crippen molar-refractivity contribution in [1.82, 2.24) is 0 Å². The van der Waals surface area contributed by atoms with Crippen LogP contribution in [0.2, 0.25) is 0 Å². The SMILES string of the molecule is COC(=O)C=Cc1cccc(F)c1NC(=O)C1CCN(c2cccc(C)c2)CC1. The van der Waals surface area contributed by atoms with Gasteiger partial charge >= 0.3 is 5.97 Å². The summed E-state index contributed by atoms with van der Waals surface area (Å²) in [6, 6.07) is 12.8. The van der Waals surface area contributed by atoms with Gasteiger partial charge in [0, 0.05) is 36.3 Å². The second-order valence-corrected chi connectivity index (χ2v) is 7.15. The molecule has 152 valence electrons. The summed E-state index contributed by atoms with van der Waals surface area (Å²) in [5.41, 5.74) is 2.86. The first-order valence-electron chi connectivity index (χ1n) is 9.65. The van der Waals surface area contributed by atoms with Gasteiger partial charge in [0.05, 0.1) is 12.8 Å². The van der Waals surface area contributed by atoms with E-state index in [2.05, 4.69) is 40.1 Å². The minimum absolute atomic E-state index is 0.0822. The largest absolute Gasteiger partial charge is 0.466 e. The quantitative estimate of drug-likeness (QED) is 0.609. The van der Waals surface area contributed by atoms with Crippen molar-refractivity contribution < 1.29 is 18.7 Å². The third kappa shape index (κ3) is 5.22. The second-order valence-electron chi connectivity index (χ2n) is 7.15. The van der Waals surface area contributed by atoms with Crippen molar-refractivity contribution in [2.45, 2.75) is 19.8 Å². The van der Waals surface area contributed by atoms with Crippen LogP contribution in [0.5, 0.6) is 0 Å². The van der Waals surface area contributed by atoms with Crippen LogP contribution >= 0.6 is 0 Å². The van der Waals surface area contributed by atoms with Gasteiger partial charge in [0.15, 0.2) is 0 Å². The molecule has 29 heavy (non-hydrogen) atoms. The van der Waals surface area contributed by atoms with Crippen molar-refractivity contribution in [1.29, 1.82) is 0 Å². The van der Waals surface area contributed by atoms with Crippen LogP contribution in [0.25, 0.3) is 6.08 Å². The third-order valence-corrected chi connectivity index (χ3v) is 5.13. The summed E-state index contributed by atoms with van der Waals surface area (Å²) in [5, 5.41) is 2.72. The minimum Gasteiger partial charge on any atom is -0.466 e. The highest BCUT2D eigenvalue weighted by molar-refractivity contribution is 5.96. The Kier molecular flexibility index (Phi) is 6.65. The number of hydrogen-bond acceptors (Lipinski definition) is 4. The smallest absolute Gasteiger partial charge is 0.330 e. The third-order valence-electron chi connectivity index (χ3n) is 5.13. The Labute approximate surface area is 170 Å². The molecule has 0 saturated carbocycles. The summed E-state index contributed by atoms with van der Waals surface area (Å²) >= 11 is 0. The zero-order chi connectivity index (χ0) is 20.8. The zero-order valence-corrected chi connectivity index (χ0v) is 16.7. The lowest BCUT2D eigenvalue weighted by atomic mass is 9.95. The maximum Gasteiger partial charge on any atom is 0.330 e. The number of carbonyl (C=O) groups is 2. The molecule has 0 bridgehead atoms. The molecule has 1 amide bonds. The normalized spacial score (nSPS) is 14.8. The van der Waals surface area contributed by atoms with E-state index in [4.69, 9.17) is 0 Å². The number of rotatable bonds is 5. The van der Waals surface area contributed by atoms with E-state index in [-0.39, 0.29) is 17.5 Å². The predicted octanol–water partition coefficient (Wildman–Crippen LogP) is 4.18. The van der Waals surface area contributed by atoms with E-state index in [9.17, 15) is 14.0 Å². The van der Waals surface area contributed by atoms with Crippen molar-refractivity contribution in [3.63, 3.8) is 0 Å². The lowest BCUT2D eigenvalue weighted by molar-refractivity contribution is -0.134. The van der Waals surface area contributed by atoms with Gasteiger partial charge in [0.25, 0.3) is 0 Å². The van der Waals surface area contributed by atoms with E-state index in [0.29, 0.717) is 18.4 Å². The number of nitrogens with zero attached hydrogens (tertiary/aromatic N) is 1. The molecular formula is C23H25FN2O3. The molecule has 2 aromatic carbocycles. The highest BCUT2D eigenvalue weighted by atomic mass is 19.1. The average molecular weight is 396 g/mol. The number of anilines is 2. The van der Waals surface area contributed by atoms with Crippen molar-refractivity contribution in [2.75, 3.05) is 30.4 Å². The molecule has 0 radical (unpaired) electrons. The van der Waals surface area contributed by atoms with Crippen molar-refractivity contribution >= 4 is 29.3 Å². The number of aryl methyl sites for hydroxylation is 1. The topological polar surface area (TPSA) is 58.6 Å². The summed E-state index contributed by atoms with van der Waals surface area (Å²) in [6.45, 7) is 3.60. The number of piperidine rings is 1. The van der Waals surface area contributed by atoms with E-state index in [1.807, 2.05) is 6.07 Å². The molecule has 6 heteroatoms. The number of hydrogen-bond donors (Lipinski definition) is 1. The number of methoxy groups -OCH3 is 1. The van der Waals surface area contributed by atoms with E-state index in [0.717, 1.165) is 18.8 Å². The van der Waals surface area contributed by atoms with E-state index < -0.39 is 11.8 Å². The molecule has 1 fully saturated rings. The first kappa shape index (κ1) is 20.6. The maximum atomic E-state index is 14.3. The van der Waals surface area contributed by atoms with E-state index >= 15 is 0 Å². The Morgan fingerprint density at radius 2 is 1.90 bits per heavy atom.